The predicted molar refractivity (Wildman–Crippen MR) is 67.1 cm³/mol. The van der Waals surface area contributed by atoms with Crippen LogP contribution in [0.25, 0.3) is 0 Å². The average Bonchev–Trinajstić information content (AvgIpc) is 2.70. The molecule has 3 atom stereocenters. The Hall–Kier alpha value is -1.43. The molecule has 0 aliphatic carbocycles. The lowest BCUT2D eigenvalue weighted by atomic mass is 10.2. The van der Waals surface area contributed by atoms with E-state index >= 15 is 0 Å². The number of hydrogen-bond acceptors (Lipinski definition) is 5. The third-order valence-corrected chi connectivity index (χ3v) is 2.88. The van der Waals surface area contributed by atoms with Crippen LogP contribution in [0.2, 0.25) is 0 Å². The van der Waals surface area contributed by atoms with Crippen molar-refractivity contribution in [2.45, 2.75) is 38.4 Å². The van der Waals surface area contributed by atoms with Crippen LogP contribution < -0.4 is 0 Å². The molecule has 2 rings (SSSR count). The summed E-state index contributed by atoms with van der Waals surface area (Å²) in [5, 5.41) is 9.57. The Morgan fingerprint density at radius 3 is 2.84 bits per heavy atom. The van der Waals surface area contributed by atoms with Crippen molar-refractivity contribution in [3.63, 3.8) is 0 Å². The molecule has 0 saturated carbocycles. The smallest absolute Gasteiger partial charge is 0.303 e. The highest BCUT2D eigenvalue weighted by atomic mass is 16.7. The Kier molecular flexibility index (Phi) is 4.90. The first-order chi connectivity index (χ1) is 9.15. The van der Waals surface area contributed by atoms with Gasteiger partial charge in [0.05, 0.1) is 19.3 Å². The van der Waals surface area contributed by atoms with Gasteiger partial charge in [-0.15, -0.1) is 0 Å². The molecule has 1 fully saturated rings. The Labute approximate surface area is 112 Å². The van der Waals surface area contributed by atoms with E-state index in [1.807, 2.05) is 30.3 Å². The van der Waals surface area contributed by atoms with Gasteiger partial charge >= 0.3 is 5.97 Å². The van der Waals surface area contributed by atoms with Crippen LogP contribution in [-0.2, 0) is 25.6 Å². The van der Waals surface area contributed by atoms with Crippen LogP contribution in [0.4, 0.5) is 0 Å². The van der Waals surface area contributed by atoms with Gasteiger partial charge in [-0.1, -0.05) is 30.3 Å². The molecule has 19 heavy (non-hydrogen) atoms. The fraction of sp³-hybridized carbons (Fsp3) is 0.500. The van der Waals surface area contributed by atoms with E-state index in [9.17, 15) is 9.90 Å². The van der Waals surface area contributed by atoms with E-state index in [0.29, 0.717) is 19.6 Å². The zero-order valence-electron chi connectivity index (χ0n) is 10.8. The van der Waals surface area contributed by atoms with Crippen molar-refractivity contribution in [1.82, 2.24) is 0 Å². The molecule has 1 aromatic carbocycles. The van der Waals surface area contributed by atoms with Gasteiger partial charge < -0.3 is 19.3 Å². The second kappa shape index (κ2) is 6.65. The summed E-state index contributed by atoms with van der Waals surface area (Å²) >= 11 is 0. The minimum atomic E-state index is -1.06. The number of esters is 1. The second-order valence-electron chi connectivity index (χ2n) is 4.53. The Balaban J connectivity index is 1.71. The molecule has 1 aromatic rings. The van der Waals surface area contributed by atoms with Crippen molar-refractivity contribution in [2.24, 2.45) is 0 Å². The fourth-order valence-electron chi connectivity index (χ4n) is 2.03. The van der Waals surface area contributed by atoms with Crippen molar-refractivity contribution in [3.8, 4) is 0 Å². The maximum Gasteiger partial charge on any atom is 0.303 e. The molecular formula is C14H18O5. The molecule has 0 spiro atoms. The topological polar surface area (TPSA) is 65.0 Å². The molecule has 1 saturated heterocycles. The molecule has 1 aliphatic heterocycles. The predicted octanol–water partition coefficient (Wildman–Crippen LogP) is 1.24. The van der Waals surface area contributed by atoms with E-state index < -0.39 is 18.4 Å². The molecule has 1 N–H and O–H groups in total. The minimum absolute atomic E-state index is 0.247. The van der Waals surface area contributed by atoms with E-state index in [-0.39, 0.29) is 6.10 Å². The Morgan fingerprint density at radius 1 is 1.42 bits per heavy atom. The molecule has 0 bridgehead atoms. The fourth-order valence-corrected chi connectivity index (χ4v) is 2.03. The lowest BCUT2D eigenvalue weighted by molar-refractivity contribution is -0.169. The van der Waals surface area contributed by atoms with Crippen molar-refractivity contribution in [1.29, 1.82) is 0 Å². The molecule has 104 valence electrons. The summed E-state index contributed by atoms with van der Waals surface area (Å²) in [4.78, 5) is 10.8. The highest BCUT2D eigenvalue weighted by Gasteiger charge is 2.36. The highest BCUT2D eigenvalue weighted by molar-refractivity contribution is 5.66. The zero-order valence-corrected chi connectivity index (χ0v) is 10.8. The van der Waals surface area contributed by atoms with Gasteiger partial charge in [0.25, 0.3) is 0 Å². The van der Waals surface area contributed by atoms with Gasteiger partial charge in [0, 0.05) is 13.3 Å². The van der Waals surface area contributed by atoms with Crippen LogP contribution in [0, 0.1) is 0 Å². The highest BCUT2D eigenvalue weighted by Crippen LogP contribution is 2.22. The summed E-state index contributed by atoms with van der Waals surface area (Å²) in [6.07, 6.45) is -1.45. The molecule has 0 amide bonds. The monoisotopic (exact) mass is 266 g/mol. The van der Waals surface area contributed by atoms with Gasteiger partial charge in [-0.3, -0.25) is 4.79 Å². The SMILES string of the molecule is CC(=O)O[C@@H]1C[C@@H](COCc2ccccc2)OC1O. The van der Waals surface area contributed by atoms with Gasteiger partial charge in [-0.05, 0) is 5.56 Å². The summed E-state index contributed by atoms with van der Waals surface area (Å²) in [6.45, 7) is 2.17. The van der Waals surface area contributed by atoms with Gasteiger partial charge in [-0.25, -0.2) is 0 Å². The minimum Gasteiger partial charge on any atom is -0.457 e. The lowest BCUT2D eigenvalue weighted by Crippen LogP contribution is -2.25. The van der Waals surface area contributed by atoms with E-state index in [1.165, 1.54) is 6.92 Å². The van der Waals surface area contributed by atoms with E-state index in [0.717, 1.165) is 5.56 Å². The van der Waals surface area contributed by atoms with E-state index in [4.69, 9.17) is 14.2 Å². The number of ether oxygens (including phenoxy) is 3. The first kappa shape index (κ1) is 14.0. The number of rotatable bonds is 5. The average molecular weight is 266 g/mol. The van der Waals surface area contributed by atoms with Crippen molar-refractivity contribution < 1.29 is 24.1 Å². The number of benzene rings is 1. The van der Waals surface area contributed by atoms with Crippen LogP contribution in [0.1, 0.15) is 18.9 Å². The third-order valence-electron chi connectivity index (χ3n) is 2.88. The summed E-state index contributed by atoms with van der Waals surface area (Å²) < 4.78 is 15.7. The van der Waals surface area contributed by atoms with Crippen molar-refractivity contribution in [2.75, 3.05) is 6.61 Å². The molecule has 0 aromatic heterocycles. The number of aliphatic hydroxyl groups excluding tert-OH is 1. The van der Waals surface area contributed by atoms with E-state index in [2.05, 4.69) is 0 Å². The number of carbonyl (C=O) groups is 1. The number of aliphatic hydroxyl groups is 1. The van der Waals surface area contributed by atoms with Gasteiger partial charge in [0.15, 0.2) is 12.4 Å². The first-order valence-electron chi connectivity index (χ1n) is 6.27. The Morgan fingerprint density at radius 2 is 2.16 bits per heavy atom. The molecule has 5 heteroatoms. The van der Waals surface area contributed by atoms with Gasteiger partial charge in [0.1, 0.15) is 0 Å². The molecular weight excluding hydrogens is 248 g/mol. The molecule has 5 nitrogen and oxygen atoms in total. The summed E-state index contributed by atoms with van der Waals surface area (Å²) in [5.41, 5.74) is 1.08. The van der Waals surface area contributed by atoms with Crippen LogP contribution in [0.15, 0.2) is 30.3 Å². The second-order valence-corrected chi connectivity index (χ2v) is 4.53. The van der Waals surface area contributed by atoms with Crippen LogP contribution in [-0.4, -0.2) is 36.2 Å². The molecule has 1 aliphatic rings. The van der Waals surface area contributed by atoms with Gasteiger partial charge in [0.2, 0.25) is 0 Å². The standard InChI is InChI=1S/C14H18O5/c1-10(15)18-13-7-12(19-14(13)16)9-17-8-11-5-3-2-4-6-11/h2-6,12-14,16H,7-9H2,1H3/t12-,13+,14?/m0/s1. The third kappa shape index (κ3) is 4.31. The summed E-state index contributed by atoms with van der Waals surface area (Å²) in [7, 11) is 0. The van der Waals surface area contributed by atoms with Crippen LogP contribution in [0.5, 0.6) is 0 Å². The summed E-state index contributed by atoms with van der Waals surface area (Å²) in [5.74, 6) is -0.418. The lowest BCUT2D eigenvalue weighted by Gasteiger charge is -2.11. The Bertz CT molecular complexity index is 406. The maximum absolute atomic E-state index is 10.8. The molecule has 1 heterocycles. The van der Waals surface area contributed by atoms with E-state index in [1.54, 1.807) is 0 Å². The van der Waals surface area contributed by atoms with Crippen molar-refractivity contribution >= 4 is 5.97 Å². The molecule has 1 unspecified atom stereocenters. The summed E-state index contributed by atoms with van der Waals surface area (Å²) in [6, 6.07) is 9.80. The molecule has 0 radical (unpaired) electrons. The zero-order chi connectivity index (χ0) is 13.7. The number of hydrogen-bond donors (Lipinski definition) is 1. The normalized spacial score (nSPS) is 26.3. The van der Waals surface area contributed by atoms with Crippen LogP contribution >= 0.6 is 0 Å². The largest absolute Gasteiger partial charge is 0.457 e. The van der Waals surface area contributed by atoms with Crippen LogP contribution in [0.3, 0.4) is 0 Å². The first-order valence-corrected chi connectivity index (χ1v) is 6.27. The maximum atomic E-state index is 10.8. The van der Waals surface area contributed by atoms with Crippen molar-refractivity contribution in [3.05, 3.63) is 35.9 Å². The van der Waals surface area contributed by atoms with Gasteiger partial charge in [-0.2, -0.15) is 0 Å². The number of carbonyl (C=O) groups excluding carboxylic acids is 1. The quantitative estimate of drug-likeness (QED) is 0.812.